The monoisotopic (exact) mass is 334 g/mol. The zero-order valence-electron chi connectivity index (χ0n) is 15.5. The van der Waals surface area contributed by atoms with Crippen LogP contribution in [0.2, 0.25) is 0 Å². The largest absolute Gasteiger partial charge is 0.393 e. The van der Waals surface area contributed by atoms with Crippen LogP contribution in [0.3, 0.4) is 0 Å². The molecule has 0 radical (unpaired) electrons. The van der Waals surface area contributed by atoms with Gasteiger partial charge in [0, 0.05) is 12.3 Å². The summed E-state index contributed by atoms with van der Waals surface area (Å²) in [6.07, 6.45) is 7.49. The molecular weight excluding hydrogens is 300 g/mol. The number of Topliss-reactive ketones (excluding diaryl/α,β-unsaturated/α-hetero) is 1. The van der Waals surface area contributed by atoms with Crippen molar-refractivity contribution in [1.29, 1.82) is 0 Å². The molecular formula is C21H34O3. The number of carbonyl (C=O) groups is 1. The van der Waals surface area contributed by atoms with Gasteiger partial charge in [-0.15, -0.1) is 0 Å². The van der Waals surface area contributed by atoms with Crippen molar-refractivity contribution in [3.05, 3.63) is 0 Å². The van der Waals surface area contributed by atoms with Gasteiger partial charge in [0.25, 0.3) is 0 Å². The highest BCUT2D eigenvalue weighted by atomic mass is 16.3. The summed E-state index contributed by atoms with van der Waals surface area (Å²) in [6, 6.07) is 0. The van der Waals surface area contributed by atoms with Crippen LogP contribution >= 0.6 is 0 Å². The maximum Gasteiger partial charge on any atom is 0.136 e. The first-order valence-electron chi connectivity index (χ1n) is 10.2. The van der Waals surface area contributed by atoms with E-state index in [1.807, 2.05) is 6.92 Å². The van der Waals surface area contributed by atoms with E-state index in [-0.39, 0.29) is 29.0 Å². The lowest BCUT2D eigenvalue weighted by Gasteiger charge is -2.60. The first-order chi connectivity index (χ1) is 11.3. The fourth-order valence-electron chi connectivity index (χ4n) is 7.85. The summed E-state index contributed by atoms with van der Waals surface area (Å²) in [6.45, 7) is 6.69. The molecule has 0 aromatic rings. The predicted molar refractivity (Wildman–Crippen MR) is 93.3 cm³/mol. The number of ketones is 1. The van der Waals surface area contributed by atoms with Gasteiger partial charge in [0.1, 0.15) is 5.78 Å². The second-order valence-corrected chi connectivity index (χ2v) is 10.0. The number of hydrogen-bond acceptors (Lipinski definition) is 3. The van der Waals surface area contributed by atoms with Crippen molar-refractivity contribution in [2.45, 2.75) is 84.3 Å². The minimum absolute atomic E-state index is 0.0841. The van der Waals surface area contributed by atoms with Gasteiger partial charge >= 0.3 is 0 Å². The number of hydrogen-bond donors (Lipinski definition) is 2. The molecule has 2 N–H and O–H groups in total. The molecule has 3 nitrogen and oxygen atoms in total. The van der Waals surface area contributed by atoms with Gasteiger partial charge in [-0.2, -0.15) is 0 Å². The van der Waals surface area contributed by atoms with Gasteiger partial charge in [0.2, 0.25) is 0 Å². The normalized spacial score (nSPS) is 55.5. The van der Waals surface area contributed by atoms with E-state index in [2.05, 4.69) is 13.8 Å². The summed E-state index contributed by atoms with van der Waals surface area (Å²) in [5.74, 6) is 2.65. The van der Waals surface area contributed by atoms with E-state index in [4.69, 9.17) is 0 Å². The first kappa shape index (κ1) is 17.0. The summed E-state index contributed by atoms with van der Waals surface area (Å²) >= 11 is 0. The maximum absolute atomic E-state index is 13.0. The van der Waals surface area contributed by atoms with Crippen molar-refractivity contribution in [3.63, 3.8) is 0 Å². The molecule has 4 fully saturated rings. The van der Waals surface area contributed by atoms with Crippen LogP contribution in [0.15, 0.2) is 0 Å². The van der Waals surface area contributed by atoms with Gasteiger partial charge in [-0.3, -0.25) is 4.79 Å². The highest BCUT2D eigenvalue weighted by Gasteiger charge is 2.62. The Morgan fingerprint density at radius 3 is 2.42 bits per heavy atom. The number of carbonyl (C=O) groups excluding carboxylic acids is 1. The third-order valence-corrected chi connectivity index (χ3v) is 9.09. The van der Waals surface area contributed by atoms with E-state index in [9.17, 15) is 15.0 Å². The molecule has 24 heavy (non-hydrogen) atoms. The Balaban J connectivity index is 1.66. The van der Waals surface area contributed by atoms with Crippen molar-refractivity contribution in [3.8, 4) is 0 Å². The molecule has 4 saturated carbocycles. The molecule has 0 aromatic carbocycles. The van der Waals surface area contributed by atoms with E-state index in [1.54, 1.807) is 0 Å². The van der Waals surface area contributed by atoms with Crippen molar-refractivity contribution >= 4 is 5.78 Å². The van der Waals surface area contributed by atoms with Crippen LogP contribution in [0.4, 0.5) is 0 Å². The van der Waals surface area contributed by atoms with Gasteiger partial charge in [-0.1, -0.05) is 13.8 Å². The zero-order valence-corrected chi connectivity index (χ0v) is 15.5. The molecule has 0 amide bonds. The van der Waals surface area contributed by atoms with Crippen LogP contribution in [0.1, 0.15) is 72.1 Å². The van der Waals surface area contributed by atoms with E-state index in [1.165, 1.54) is 19.3 Å². The van der Waals surface area contributed by atoms with E-state index in [0.29, 0.717) is 35.9 Å². The molecule has 0 aliphatic heterocycles. The van der Waals surface area contributed by atoms with Gasteiger partial charge in [-0.25, -0.2) is 0 Å². The molecule has 4 aliphatic rings. The van der Waals surface area contributed by atoms with Gasteiger partial charge in [0.05, 0.1) is 12.2 Å². The lowest BCUT2D eigenvalue weighted by Crippen LogP contribution is -2.57. The summed E-state index contributed by atoms with van der Waals surface area (Å²) in [7, 11) is 0. The molecule has 4 aliphatic carbocycles. The molecule has 9 atom stereocenters. The van der Waals surface area contributed by atoms with E-state index >= 15 is 0 Å². The quantitative estimate of drug-likeness (QED) is 0.771. The maximum atomic E-state index is 13.0. The molecule has 0 saturated heterocycles. The fraction of sp³-hybridized carbons (Fsp3) is 0.952. The van der Waals surface area contributed by atoms with Crippen LogP contribution < -0.4 is 0 Å². The van der Waals surface area contributed by atoms with Crippen molar-refractivity contribution in [2.75, 3.05) is 0 Å². The number of aliphatic hydroxyl groups is 2. The molecule has 0 aromatic heterocycles. The van der Waals surface area contributed by atoms with E-state index in [0.717, 1.165) is 25.7 Å². The summed E-state index contributed by atoms with van der Waals surface area (Å²) in [4.78, 5) is 13.0. The third kappa shape index (κ3) is 2.19. The predicted octanol–water partition coefficient (Wildman–Crippen LogP) is 3.57. The van der Waals surface area contributed by atoms with Crippen LogP contribution in [0, 0.1) is 40.4 Å². The fourth-order valence-corrected chi connectivity index (χ4v) is 7.85. The van der Waals surface area contributed by atoms with E-state index < -0.39 is 0 Å². The average molecular weight is 335 g/mol. The van der Waals surface area contributed by atoms with Crippen molar-refractivity contribution < 1.29 is 15.0 Å². The van der Waals surface area contributed by atoms with Crippen molar-refractivity contribution in [2.24, 2.45) is 40.4 Å². The molecule has 3 heteroatoms. The Bertz CT molecular complexity index is 529. The number of aliphatic hydroxyl groups excluding tert-OH is 2. The third-order valence-electron chi connectivity index (χ3n) is 9.09. The molecule has 0 heterocycles. The number of rotatable bonds is 1. The molecule has 0 bridgehead atoms. The lowest BCUT2D eigenvalue weighted by atomic mass is 9.44. The summed E-state index contributed by atoms with van der Waals surface area (Å²) < 4.78 is 0. The molecule has 0 unspecified atom stereocenters. The summed E-state index contributed by atoms with van der Waals surface area (Å²) in [5.41, 5.74) is 0.316. The lowest BCUT2D eigenvalue weighted by molar-refractivity contribution is -0.160. The second-order valence-electron chi connectivity index (χ2n) is 10.0. The highest BCUT2D eigenvalue weighted by Crippen LogP contribution is 2.67. The minimum Gasteiger partial charge on any atom is -0.393 e. The van der Waals surface area contributed by atoms with Crippen LogP contribution in [-0.4, -0.2) is 28.2 Å². The van der Waals surface area contributed by atoms with Gasteiger partial charge in [0.15, 0.2) is 0 Å². The highest BCUT2D eigenvalue weighted by molar-refractivity contribution is 5.83. The zero-order chi connectivity index (χ0) is 17.3. The summed E-state index contributed by atoms with van der Waals surface area (Å²) in [5, 5.41) is 20.4. The number of fused-ring (bicyclic) bond motifs is 5. The molecule has 4 rings (SSSR count). The standard InChI is InChI=1S/C21H34O3/c1-12(22)15-4-5-16-14-11-19(24)18-10-13(23)6-8-21(18,3)17(14)7-9-20(15,16)2/h12-18,22-23H,4-11H2,1-3H3/t12-,13-,14-,15+,16+,17-,18+,20+,21-/m0/s1. The van der Waals surface area contributed by atoms with Gasteiger partial charge in [-0.05, 0) is 86.4 Å². The Morgan fingerprint density at radius 1 is 1.04 bits per heavy atom. The molecule has 136 valence electrons. The van der Waals surface area contributed by atoms with Gasteiger partial charge < -0.3 is 10.2 Å². The first-order valence-corrected chi connectivity index (χ1v) is 10.2. The van der Waals surface area contributed by atoms with Crippen LogP contribution in [0.5, 0.6) is 0 Å². The second kappa shape index (κ2) is 5.54. The average Bonchev–Trinajstić information content (AvgIpc) is 2.87. The Kier molecular flexibility index (Phi) is 3.93. The Labute approximate surface area is 146 Å². The minimum atomic E-state index is -0.275. The SMILES string of the molecule is C[C@H](O)[C@H]1CC[C@@H]2[C@@H]3CC(=O)[C@H]4C[C@@H](O)CC[C@@]4(C)[C@H]3CC[C@@]21C. The Hall–Kier alpha value is -0.410. The van der Waals surface area contributed by atoms with Crippen LogP contribution in [0.25, 0.3) is 0 Å². The molecule has 0 spiro atoms. The Morgan fingerprint density at radius 2 is 1.71 bits per heavy atom. The smallest absolute Gasteiger partial charge is 0.136 e. The van der Waals surface area contributed by atoms with Crippen LogP contribution in [-0.2, 0) is 4.79 Å². The van der Waals surface area contributed by atoms with Crippen molar-refractivity contribution in [1.82, 2.24) is 0 Å². The topological polar surface area (TPSA) is 57.5 Å².